The molecule has 2 aromatic rings. The average molecular weight is 367 g/mol. The van der Waals surface area contributed by atoms with Crippen LogP contribution in [0.1, 0.15) is 11.4 Å². The molecule has 0 saturated carbocycles. The summed E-state index contributed by atoms with van der Waals surface area (Å²) in [5.41, 5.74) is 2.55. The van der Waals surface area contributed by atoms with Crippen molar-refractivity contribution >= 4 is 44.8 Å². The van der Waals surface area contributed by atoms with E-state index in [2.05, 4.69) is 26.3 Å². The van der Waals surface area contributed by atoms with Gasteiger partial charge in [0.25, 0.3) is 0 Å². The number of hydrogen-bond donors (Lipinski definition) is 1. The quantitative estimate of drug-likeness (QED) is 0.807. The Morgan fingerprint density at radius 3 is 2.42 bits per heavy atom. The molecule has 0 saturated heterocycles. The highest BCUT2D eigenvalue weighted by Gasteiger charge is 2.11. The van der Waals surface area contributed by atoms with E-state index in [4.69, 9.17) is 23.2 Å². The summed E-state index contributed by atoms with van der Waals surface area (Å²) in [6.45, 7) is 2.44. The maximum atomic E-state index is 13.3. The molecule has 0 aliphatic rings. The number of hydrogen-bond acceptors (Lipinski definition) is 2. The maximum absolute atomic E-state index is 13.3. The van der Waals surface area contributed by atoms with Crippen LogP contribution < -0.4 is 5.32 Å². The minimum Gasteiger partial charge on any atom is -0.379 e. The molecule has 102 valence electrons. The summed E-state index contributed by atoms with van der Waals surface area (Å²) in [4.78, 5) is 0. The highest BCUT2D eigenvalue weighted by atomic mass is 79.9. The summed E-state index contributed by atoms with van der Waals surface area (Å²) < 4.78 is 16.0. The van der Waals surface area contributed by atoms with Crippen LogP contribution in [0, 0.1) is 12.7 Å². The van der Waals surface area contributed by atoms with Crippen LogP contribution >= 0.6 is 39.1 Å². The molecule has 0 aliphatic heterocycles. The Kier molecular flexibility index (Phi) is 4.38. The number of benzene rings is 1. The van der Waals surface area contributed by atoms with Crippen LogP contribution in [0.5, 0.6) is 0 Å². The topological polar surface area (TPSA) is 29.9 Å². The number of halogens is 4. The fraction of sp³-hybridized carbons (Fsp3) is 0.250. The van der Waals surface area contributed by atoms with Crippen LogP contribution in [0.25, 0.3) is 0 Å². The highest BCUT2D eigenvalue weighted by molar-refractivity contribution is 9.10. The third-order valence-electron chi connectivity index (χ3n) is 2.71. The Balaban J connectivity index is 2.19. The van der Waals surface area contributed by atoms with Crippen LogP contribution in [0.3, 0.4) is 0 Å². The average Bonchev–Trinajstić information content (AvgIpc) is 2.58. The van der Waals surface area contributed by atoms with Crippen molar-refractivity contribution in [2.45, 2.75) is 13.5 Å². The lowest BCUT2D eigenvalue weighted by molar-refractivity contribution is 0.629. The summed E-state index contributed by atoms with van der Waals surface area (Å²) in [6.07, 6.45) is 0. The Morgan fingerprint density at radius 2 is 1.95 bits per heavy atom. The fourth-order valence-corrected chi connectivity index (χ4v) is 2.68. The summed E-state index contributed by atoms with van der Waals surface area (Å²) in [5, 5.41) is 7.42. The summed E-state index contributed by atoms with van der Waals surface area (Å²) in [5.74, 6) is -0.605. The predicted molar refractivity (Wildman–Crippen MR) is 79.4 cm³/mol. The van der Waals surface area contributed by atoms with E-state index in [1.54, 1.807) is 4.68 Å². The van der Waals surface area contributed by atoms with Gasteiger partial charge in [-0.15, -0.1) is 0 Å². The first kappa shape index (κ1) is 14.6. The van der Waals surface area contributed by atoms with Crippen molar-refractivity contribution in [3.63, 3.8) is 0 Å². The van der Waals surface area contributed by atoms with Crippen LogP contribution in [-0.4, -0.2) is 9.78 Å². The lowest BCUT2D eigenvalue weighted by atomic mass is 10.3. The number of nitrogens with zero attached hydrogens (tertiary/aromatic N) is 2. The largest absolute Gasteiger partial charge is 0.379 e. The molecular weight excluding hydrogens is 356 g/mol. The van der Waals surface area contributed by atoms with Crippen molar-refractivity contribution < 1.29 is 4.39 Å². The van der Waals surface area contributed by atoms with Crippen LogP contribution in [0.2, 0.25) is 10.0 Å². The molecule has 0 atom stereocenters. The standard InChI is InChI=1S/C12H11BrCl2FN3/c1-6-11(13)10(19(2)18-6)5-17-7-3-8(14)12(16)9(15)4-7/h3-4,17H,5H2,1-2H3. The van der Waals surface area contributed by atoms with Crippen molar-refractivity contribution in [3.05, 3.63) is 43.9 Å². The van der Waals surface area contributed by atoms with Crippen molar-refractivity contribution in [1.29, 1.82) is 0 Å². The molecule has 1 heterocycles. The molecule has 0 bridgehead atoms. The number of nitrogens with one attached hydrogen (secondary N) is 1. The molecule has 3 nitrogen and oxygen atoms in total. The fourth-order valence-electron chi connectivity index (χ4n) is 1.72. The van der Waals surface area contributed by atoms with E-state index in [-0.39, 0.29) is 10.0 Å². The monoisotopic (exact) mass is 365 g/mol. The first-order chi connectivity index (χ1) is 8.90. The SMILES string of the molecule is Cc1nn(C)c(CNc2cc(Cl)c(F)c(Cl)c2)c1Br. The number of anilines is 1. The third kappa shape index (κ3) is 3.04. The number of aromatic nitrogens is 2. The second kappa shape index (κ2) is 5.69. The van der Waals surface area contributed by atoms with Gasteiger partial charge in [0.2, 0.25) is 0 Å². The molecule has 0 amide bonds. The first-order valence-corrected chi connectivity index (χ1v) is 7.01. The Labute approximate surface area is 128 Å². The van der Waals surface area contributed by atoms with Gasteiger partial charge < -0.3 is 5.32 Å². The minimum absolute atomic E-state index is 0.00440. The van der Waals surface area contributed by atoms with Crippen molar-refractivity contribution in [1.82, 2.24) is 9.78 Å². The maximum Gasteiger partial charge on any atom is 0.160 e. The molecule has 2 rings (SSSR count). The molecule has 1 aromatic carbocycles. The molecule has 0 unspecified atom stereocenters. The van der Waals surface area contributed by atoms with Gasteiger partial charge in [0.05, 0.1) is 32.5 Å². The molecule has 19 heavy (non-hydrogen) atoms. The van der Waals surface area contributed by atoms with Gasteiger partial charge >= 0.3 is 0 Å². The van der Waals surface area contributed by atoms with Gasteiger partial charge in [-0.2, -0.15) is 5.10 Å². The molecule has 0 radical (unpaired) electrons. The van der Waals surface area contributed by atoms with E-state index >= 15 is 0 Å². The molecule has 1 N–H and O–H groups in total. The molecule has 0 fully saturated rings. The van der Waals surface area contributed by atoms with Crippen LogP contribution in [0.4, 0.5) is 10.1 Å². The highest BCUT2D eigenvalue weighted by Crippen LogP contribution is 2.28. The van der Waals surface area contributed by atoms with Gasteiger partial charge in [0, 0.05) is 12.7 Å². The van der Waals surface area contributed by atoms with Gasteiger partial charge in [0.1, 0.15) is 0 Å². The first-order valence-electron chi connectivity index (χ1n) is 5.46. The Hall–Kier alpha value is -0.780. The minimum atomic E-state index is -0.605. The van der Waals surface area contributed by atoms with E-state index in [1.807, 2.05) is 14.0 Å². The predicted octanol–water partition coefficient (Wildman–Crippen LogP) is 4.55. The third-order valence-corrected chi connectivity index (χ3v) is 4.29. The lowest BCUT2D eigenvalue weighted by Crippen LogP contribution is -2.06. The second-order valence-corrected chi connectivity index (χ2v) is 5.68. The van der Waals surface area contributed by atoms with Crippen LogP contribution in [-0.2, 0) is 13.6 Å². The van der Waals surface area contributed by atoms with Crippen molar-refractivity contribution in [3.8, 4) is 0 Å². The van der Waals surface area contributed by atoms with Gasteiger partial charge in [-0.25, -0.2) is 4.39 Å². The van der Waals surface area contributed by atoms with Crippen LogP contribution in [0.15, 0.2) is 16.6 Å². The van der Waals surface area contributed by atoms with E-state index in [9.17, 15) is 4.39 Å². The summed E-state index contributed by atoms with van der Waals surface area (Å²) in [7, 11) is 1.86. The second-order valence-electron chi connectivity index (χ2n) is 4.08. The zero-order valence-electron chi connectivity index (χ0n) is 10.3. The van der Waals surface area contributed by atoms with Crippen molar-refractivity contribution in [2.24, 2.45) is 7.05 Å². The molecular formula is C12H11BrCl2FN3. The van der Waals surface area contributed by atoms with Gasteiger partial charge in [-0.1, -0.05) is 23.2 Å². The normalized spacial score (nSPS) is 10.8. The Bertz CT molecular complexity index is 605. The van der Waals surface area contributed by atoms with Gasteiger partial charge in [-0.05, 0) is 35.0 Å². The molecule has 0 aliphatic carbocycles. The van der Waals surface area contributed by atoms with Crippen molar-refractivity contribution in [2.75, 3.05) is 5.32 Å². The Morgan fingerprint density at radius 1 is 1.37 bits per heavy atom. The summed E-state index contributed by atoms with van der Waals surface area (Å²) in [6, 6.07) is 3.00. The number of rotatable bonds is 3. The smallest absolute Gasteiger partial charge is 0.160 e. The van der Waals surface area contributed by atoms with E-state index in [1.165, 1.54) is 12.1 Å². The van der Waals surface area contributed by atoms with Gasteiger partial charge in [0.15, 0.2) is 5.82 Å². The molecule has 1 aromatic heterocycles. The van der Waals surface area contributed by atoms with E-state index in [0.717, 1.165) is 15.9 Å². The lowest BCUT2D eigenvalue weighted by Gasteiger charge is -2.09. The zero-order chi connectivity index (χ0) is 14.2. The van der Waals surface area contributed by atoms with E-state index in [0.29, 0.717) is 12.2 Å². The molecule has 7 heteroatoms. The van der Waals surface area contributed by atoms with Gasteiger partial charge in [-0.3, -0.25) is 4.68 Å². The zero-order valence-corrected chi connectivity index (χ0v) is 13.4. The number of aryl methyl sites for hydroxylation is 2. The summed E-state index contributed by atoms with van der Waals surface area (Å²) >= 11 is 15.0. The molecule has 0 spiro atoms. The van der Waals surface area contributed by atoms with E-state index < -0.39 is 5.82 Å².